The van der Waals surface area contributed by atoms with Crippen molar-refractivity contribution < 1.29 is 4.79 Å². The van der Waals surface area contributed by atoms with Crippen LogP contribution in [0.2, 0.25) is 5.02 Å². The molecule has 1 N–H and O–H groups in total. The number of halogens is 1. The van der Waals surface area contributed by atoms with Gasteiger partial charge in [-0.2, -0.15) is 0 Å². The van der Waals surface area contributed by atoms with E-state index in [1.54, 1.807) is 13.1 Å². The van der Waals surface area contributed by atoms with Gasteiger partial charge in [-0.15, -0.1) is 0 Å². The predicted molar refractivity (Wildman–Crippen MR) is 101 cm³/mol. The van der Waals surface area contributed by atoms with Gasteiger partial charge in [-0.05, 0) is 18.1 Å². The molecule has 1 aromatic carbocycles. The number of nitrogens with one attached hydrogen (secondary N) is 1. The number of carbonyl (C=O) groups excluding carboxylic acids is 1. The van der Waals surface area contributed by atoms with Crippen molar-refractivity contribution in [1.82, 2.24) is 14.9 Å². The van der Waals surface area contributed by atoms with E-state index in [4.69, 9.17) is 11.6 Å². The first-order valence-electron chi connectivity index (χ1n) is 8.63. The normalized spacial score (nSPS) is 12.2. The Morgan fingerprint density at radius 3 is 2.67 bits per heavy atom. The summed E-state index contributed by atoms with van der Waals surface area (Å²) >= 11 is 5.90. The number of aromatic nitrogens is 2. The maximum absolute atomic E-state index is 11.1. The molecule has 24 heavy (non-hydrogen) atoms. The number of aryl methyl sites for hydroxylation is 1. The van der Waals surface area contributed by atoms with E-state index in [0.29, 0.717) is 0 Å². The van der Waals surface area contributed by atoms with E-state index in [0.717, 1.165) is 49.0 Å². The quantitative estimate of drug-likeness (QED) is 0.829. The number of benzene rings is 1. The average Bonchev–Trinajstić information content (AvgIpc) is 3.04. The Morgan fingerprint density at radius 1 is 1.33 bits per heavy atom. The SMILES string of the molecule is CC.CC(=O)c1cnc2n1CCNC2.CCCc1ccccc1Cl. The molecule has 4 nitrogen and oxygen atoms in total. The van der Waals surface area contributed by atoms with Crippen LogP contribution in [0, 0.1) is 0 Å². The number of imidazole rings is 1. The fraction of sp³-hybridized carbons (Fsp3) is 0.474. The molecule has 0 unspecified atom stereocenters. The fourth-order valence-corrected chi connectivity index (χ4v) is 2.68. The van der Waals surface area contributed by atoms with E-state index in [1.807, 2.05) is 36.6 Å². The summed E-state index contributed by atoms with van der Waals surface area (Å²) in [7, 11) is 0. The first-order chi connectivity index (χ1) is 11.6. The zero-order chi connectivity index (χ0) is 17.9. The third-order valence-corrected chi connectivity index (χ3v) is 3.94. The van der Waals surface area contributed by atoms with Crippen molar-refractivity contribution in [1.29, 1.82) is 0 Å². The number of hydrogen-bond acceptors (Lipinski definition) is 3. The van der Waals surface area contributed by atoms with Crippen LogP contribution < -0.4 is 5.32 Å². The van der Waals surface area contributed by atoms with Crippen LogP contribution in [0.15, 0.2) is 30.5 Å². The number of Topliss-reactive ketones (excluding diaryl/α,β-unsaturated/α-hetero) is 1. The van der Waals surface area contributed by atoms with Gasteiger partial charge in [0.2, 0.25) is 0 Å². The van der Waals surface area contributed by atoms with Gasteiger partial charge in [0.25, 0.3) is 0 Å². The van der Waals surface area contributed by atoms with Crippen LogP contribution in [0.4, 0.5) is 0 Å². The number of fused-ring (bicyclic) bond motifs is 1. The molecule has 0 bridgehead atoms. The highest BCUT2D eigenvalue weighted by atomic mass is 35.5. The summed E-state index contributed by atoms with van der Waals surface area (Å²) in [4.78, 5) is 15.3. The molecule has 132 valence electrons. The van der Waals surface area contributed by atoms with Crippen LogP contribution in [0.3, 0.4) is 0 Å². The molecule has 0 spiro atoms. The van der Waals surface area contributed by atoms with Gasteiger partial charge in [-0.3, -0.25) is 4.79 Å². The zero-order valence-electron chi connectivity index (χ0n) is 15.1. The van der Waals surface area contributed by atoms with Crippen molar-refractivity contribution in [2.45, 2.75) is 53.6 Å². The molecular weight excluding hydrogens is 322 g/mol. The molecular formula is C19H28ClN3O. The summed E-state index contributed by atoms with van der Waals surface area (Å²) in [5, 5.41) is 4.09. The van der Waals surface area contributed by atoms with Gasteiger partial charge in [-0.25, -0.2) is 4.98 Å². The Kier molecular flexibility index (Phi) is 9.35. The van der Waals surface area contributed by atoms with Crippen molar-refractivity contribution >= 4 is 17.4 Å². The first kappa shape index (κ1) is 20.4. The number of nitrogens with zero attached hydrogens (tertiary/aromatic N) is 2. The van der Waals surface area contributed by atoms with Crippen molar-refractivity contribution in [2.24, 2.45) is 0 Å². The molecule has 1 aliphatic heterocycles. The summed E-state index contributed by atoms with van der Waals surface area (Å²) in [5.74, 6) is 1.06. The van der Waals surface area contributed by atoms with Gasteiger partial charge in [0.05, 0.1) is 12.7 Å². The van der Waals surface area contributed by atoms with E-state index in [2.05, 4.69) is 23.3 Å². The molecule has 0 aliphatic carbocycles. The number of ketones is 1. The minimum absolute atomic E-state index is 0.0932. The van der Waals surface area contributed by atoms with E-state index < -0.39 is 0 Å². The van der Waals surface area contributed by atoms with Crippen molar-refractivity contribution in [3.8, 4) is 0 Å². The molecule has 2 heterocycles. The van der Waals surface area contributed by atoms with Crippen LogP contribution in [0.1, 0.15) is 56.0 Å². The van der Waals surface area contributed by atoms with Gasteiger partial charge in [-0.1, -0.05) is 57.0 Å². The summed E-state index contributed by atoms with van der Waals surface area (Å²) in [6, 6.07) is 8.00. The molecule has 1 aromatic heterocycles. The molecule has 1 aliphatic rings. The molecule has 2 aromatic rings. The third kappa shape index (κ3) is 5.77. The summed E-state index contributed by atoms with van der Waals surface area (Å²) in [6.07, 6.45) is 3.90. The number of carbonyl (C=O) groups is 1. The lowest BCUT2D eigenvalue weighted by Crippen LogP contribution is -2.29. The van der Waals surface area contributed by atoms with Gasteiger partial charge >= 0.3 is 0 Å². The highest BCUT2D eigenvalue weighted by Gasteiger charge is 2.15. The molecule has 5 heteroatoms. The molecule has 0 saturated carbocycles. The lowest BCUT2D eigenvalue weighted by Gasteiger charge is -2.16. The van der Waals surface area contributed by atoms with Crippen molar-refractivity contribution in [3.63, 3.8) is 0 Å². The first-order valence-corrected chi connectivity index (χ1v) is 9.00. The van der Waals surface area contributed by atoms with Crippen LogP contribution in [0.5, 0.6) is 0 Å². The monoisotopic (exact) mass is 349 g/mol. The van der Waals surface area contributed by atoms with Gasteiger partial charge in [0, 0.05) is 25.0 Å². The van der Waals surface area contributed by atoms with Crippen LogP contribution in [0.25, 0.3) is 0 Å². The fourth-order valence-electron chi connectivity index (χ4n) is 2.45. The van der Waals surface area contributed by atoms with Crippen LogP contribution >= 0.6 is 11.6 Å². The van der Waals surface area contributed by atoms with E-state index >= 15 is 0 Å². The largest absolute Gasteiger partial charge is 0.323 e. The average molecular weight is 350 g/mol. The minimum atomic E-state index is 0.0932. The summed E-state index contributed by atoms with van der Waals surface area (Å²) < 4.78 is 1.98. The number of rotatable bonds is 3. The Labute approximate surface area is 150 Å². The maximum Gasteiger partial charge on any atom is 0.177 e. The lowest BCUT2D eigenvalue weighted by molar-refractivity contribution is 0.100. The highest BCUT2D eigenvalue weighted by molar-refractivity contribution is 6.31. The molecule has 0 fully saturated rings. The second-order valence-electron chi connectivity index (χ2n) is 5.29. The Hall–Kier alpha value is -1.65. The third-order valence-electron chi connectivity index (χ3n) is 3.57. The topological polar surface area (TPSA) is 46.9 Å². The van der Waals surface area contributed by atoms with Gasteiger partial charge in [0.1, 0.15) is 11.5 Å². The Morgan fingerprint density at radius 2 is 2.04 bits per heavy atom. The highest BCUT2D eigenvalue weighted by Crippen LogP contribution is 2.15. The predicted octanol–water partition coefficient (Wildman–Crippen LogP) is 4.51. The summed E-state index contributed by atoms with van der Waals surface area (Å²) in [6.45, 7) is 10.3. The smallest absolute Gasteiger partial charge is 0.177 e. The minimum Gasteiger partial charge on any atom is -0.323 e. The van der Waals surface area contributed by atoms with Crippen molar-refractivity contribution in [2.75, 3.05) is 6.54 Å². The molecule has 0 atom stereocenters. The molecule has 0 amide bonds. The van der Waals surface area contributed by atoms with Crippen LogP contribution in [-0.2, 0) is 19.5 Å². The lowest BCUT2D eigenvalue weighted by atomic mass is 10.1. The Bertz CT molecular complexity index is 637. The van der Waals surface area contributed by atoms with E-state index in [9.17, 15) is 4.79 Å². The molecule has 0 saturated heterocycles. The second kappa shape index (κ2) is 11.0. The second-order valence-corrected chi connectivity index (χ2v) is 5.69. The van der Waals surface area contributed by atoms with Gasteiger partial charge < -0.3 is 9.88 Å². The maximum atomic E-state index is 11.1. The molecule has 0 radical (unpaired) electrons. The van der Waals surface area contributed by atoms with E-state index in [-0.39, 0.29) is 5.78 Å². The van der Waals surface area contributed by atoms with E-state index in [1.165, 1.54) is 5.56 Å². The van der Waals surface area contributed by atoms with Crippen LogP contribution in [-0.4, -0.2) is 21.9 Å². The summed E-state index contributed by atoms with van der Waals surface area (Å²) in [5.41, 5.74) is 1.98. The standard InChI is InChI=1S/C9H11Cl.C8H11N3O.C2H6/c1-2-5-8-6-3-4-7-9(8)10;1-6(12)7-4-10-8-5-9-2-3-11(7)8;1-2/h3-4,6-7H,2,5H2,1H3;4,9H,2-3,5H2,1H3;1-2H3. The van der Waals surface area contributed by atoms with Gasteiger partial charge in [0.15, 0.2) is 5.78 Å². The van der Waals surface area contributed by atoms with Crippen molar-refractivity contribution in [3.05, 3.63) is 52.6 Å². The number of hydrogen-bond donors (Lipinski definition) is 1. The zero-order valence-corrected chi connectivity index (χ0v) is 15.9. The molecule has 3 rings (SSSR count). The Balaban J connectivity index is 0.000000221.